The Morgan fingerprint density at radius 2 is 2.47 bits per heavy atom. The molecule has 0 fully saturated rings. The van der Waals surface area contributed by atoms with Gasteiger partial charge in [-0.1, -0.05) is 6.92 Å². The van der Waals surface area contributed by atoms with Gasteiger partial charge in [-0.2, -0.15) is 0 Å². The number of imidazole rings is 1. The fraction of sp³-hybridized carbons (Fsp3) is 0.308. The summed E-state index contributed by atoms with van der Waals surface area (Å²) in [5.41, 5.74) is 2.04. The first-order chi connectivity index (χ1) is 9.28. The van der Waals surface area contributed by atoms with Crippen LogP contribution in [0.25, 0.3) is 4.96 Å². The molecule has 1 N–H and O–H groups in total. The topological polar surface area (TPSA) is 42.5 Å². The van der Waals surface area contributed by atoms with Crippen LogP contribution in [0.15, 0.2) is 34.5 Å². The lowest BCUT2D eigenvalue weighted by Gasteiger charge is -2.15. The molecule has 0 saturated carbocycles. The van der Waals surface area contributed by atoms with Gasteiger partial charge in [-0.05, 0) is 24.2 Å². The molecular formula is C13H14ClN3OS. The number of hydrogen-bond acceptors (Lipinski definition) is 4. The van der Waals surface area contributed by atoms with Gasteiger partial charge in [0.1, 0.15) is 0 Å². The second-order valence-corrected chi connectivity index (χ2v) is 5.51. The summed E-state index contributed by atoms with van der Waals surface area (Å²) in [4.78, 5) is 5.62. The van der Waals surface area contributed by atoms with Crippen molar-refractivity contribution in [1.82, 2.24) is 14.7 Å². The normalized spacial score (nSPS) is 13.2. The van der Waals surface area contributed by atoms with E-state index in [0.717, 1.165) is 29.2 Å². The van der Waals surface area contributed by atoms with Gasteiger partial charge in [-0.25, -0.2) is 4.98 Å². The summed E-state index contributed by atoms with van der Waals surface area (Å²) in [6.07, 6.45) is 6.49. The molecule has 0 radical (unpaired) electrons. The molecule has 6 heteroatoms. The summed E-state index contributed by atoms with van der Waals surface area (Å²) >= 11 is 7.70. The number of nitrogens with zero attached hydrogens (tertiary/aromatic N) is 2. The molecule has 1 unspecified atom stereocenters. The monoisotopic (exact) mass is 295 g/mol. The lowest BCUT2D eigenvalue weighted by atomic mass is 10.1. The second kappa shape index (κ2) is 5.36. The Labute approximate surface area is 120 Å². The van der Waals surface area contributed by atoms with E-state index >= 15 is 0 Å². The largest absolute Gasteiger partial charge is 0.453 e. The van der Waals surface area contributed by atoms with Crippen molar-refractivity contribution in [2.75, 3.05) is 6.54 Å². The number of aromatic nitrogens is 2. The highest BCUT2D eigenvalue weighted by Gasteiger charge is 2.18. The Kier molecular flexibility index (Phi) is 3.59. The lowest BCUT2D eigenvalue weighted by Crippen LogP contribution is -2.22. The van der Waals surface area contributed by atoms with E-state index < -0.39 is 0 Å². The Bertz CT molecular complexity index is 644. The maximum absolute atomic E-state index is 6.06. The van der Waals surface area contributed by atoms with Crippen molar-refractivity contribution in [1.29, 1.82) is 0 Å². The van der Waals surface area contributed by atoms with Gasteiger partial charge < -0.3 is 9.73 Å². The predicted octanol–water partition coefficient (Wildman–Crippen LogP) is 3.54. The standard InChI is InChI=1S/C13H14ClN3OS/c1-2-15-11(10-3-5-18-12(10)14)7-9-8-17-4-6-19-13(17)16-9/h3-6,8,11,15H,2,7H2,1H3. The van der Waals surface area contributed by atoms with Gasteiger partial charge in [0.05, 0.1) is 12.0 Å². The molecule has 3 aromatic heterocycles. The van der Waals surface area contributed by atoms with Gasteiger partial charge in [-0.15, -0.1) is 11.3 Å². The Morgan fingerprint density at radius 3 is 3.16 bits per heavy atom. The highest BCUT2D eigenvalue weighted by atomic mass is 35.5. The van der Waals surface area contributed by atoms with Crippen molar-refractivity contribution in [2.45, 2.75) is 19.4 Å². The maximum atomic E-state index is 6.06. The zero-order valence-electron chi connectivity index (χ0n) is 10.5. The number of nitrogens with one attached hydrogen (secondary N) is 1. The van der Waals surface area contributed by atoms with Crippen LogP contribution in [-0.4, -0.2) is 15.9 Å². The minimum atomic E-state index is 0.126. The van der Waals surface area contributed by atoms with Gasteiger partial charge in [0.15, 0.2) is 10.2 Å². The maximum Gasteiger partial charge on any atom is 0.197 e. The van der Waals surface area contributed by atoms with Gasteiger partial charge in [0.2, 0.25) is 0 Å². The van der Waals surface area contributed by atoms with Crippen molar-refractivity contribution in [3.8, 4) is 0 Å². The molecule has 0 aliphatic carbocycles. The van der Waals surface area contributed by atoms with Crippen LogP contribution in [-0.2, 0) is 6.42 Å². The molecule has 3 rings (SSSR count). The molecule has 0 aliphatic rings. The fourth-order valence-electron chi connectivity index (χ4n) is 2.18. The summed E-state index contributed by atoms with van der Waals surface area (Å²) in [5, 5.41) is 5.90. The molecule has 3 heterocycles. The average Bonchev–Trinajstić information content (AvgIpc) is 3.03. The van der Waals surface area contributed by atoms with Gasteiger partial charge in [0.25, 0.3) is 0 Å². The third kappa shape index (κ3) is 2.54. The number of likely N-dealkylation sites (N-methyl/N-ethyl adjacent to an activating group) is 1. The third-order valence-electron chi connectivity index (χ3n) is 3.03. The average molecular weight is 296 g/mol. The second-order valence-electron chi connectivity index (χ2n) is 4.29. The number of hydrogen-bond donors (Lipinski definition) is 1. The Balaban J connectivity index is 1.85. The molecule has 100 valence electrons. The van der Waals surface area contributed by atoms with Crippen LogP contribution >= 0.6 is 22.9 Å². The lowest BCUT2D eigenvalue weighted by molar-refractivity contribution is 0.523. The minimum absolute atomic E-state index is 0.126. The molecular weight excluding hydrogens is 282 g/mol. The van der Waals surface area contributed by atoms with Crippen LogP contribution < -0.4 is 5.32 Å². The summed E-state index contributed by atoms with van der Waals surface area (Å²) in [6, 6.07) is 2.04. The zero-order valence-corrected chi connectivity index (χ0v) is 12.0. The summed E-state index contributed by atoms with van der Waals surface area (Å²) in [6.45, 7) is 2.95. The summed E-state index contributed by atoms with van der Waals surface area (Å²) in [7, 11) is 0. The van der Waals surface area contributed by atoms with E-state index in [4.69, 9.17) is 16.0 Å². The van der Waals surface area contributed by atoms with Crippen molar-refractivity contribution in [3.05, 3.63) is 46.6 Å². The van der Waals surface area contributed by atoms with Crippen molar-refractivity contribution < 1.29 is 4.42 Å². The van der Waals surface area contributed by atoms with Crippen molar-refractivity contribution >= 4 is 27.9 Å². The number of furan rings is 1. The van der Waals surface area contributed by atoms with Crippen LogP contribution in [0.5, 0.6) is 0 Å². The van der Waals surface area contributed by atoms with Crippen LogP contribution in [0, 0.1) is 0 Å². The summed E-state index contributed by atoms with van der Waals surface area (Å²) in [5.74, 6) is 0. The van der Waals surface area contributed by atoms with Crippen LogP contribution in [0.4, 0.5) is 0 Å². The number of thiazole rings is 1. The number of halogens is 1. The smallest absolute Gasteiger partial charge is 0.197 e. The minimum Gasteiger partial charge on any atom is -0.453 e. The first-order valence-electron chi connectivity index (χ1n) is 6.15. The van der Waals surface area contributed by atoms with E-state index in [-0.39, 0.29) is 6.04 Å². The highest BCUT2D eigenvalue weighted by molar-refractivity contribution is 7.15. The molecule has 4 nitrogen and oxygen atoms in total. The molecule has 3 aromatic rings. The third-order valence-corrected chi connectivity index (χ3v) is 4.11. The molecule has 0 aromatic carbocycles. The molecule has 0 aliphatic heterocycles. The van der Waals surface area contributed by atoms with E-state index in [1.54, 1.807) is 17.6 Å². The van der Waals surface area contributed by atoms with Crippen molar-refractivity contribution in [2.24, 2.45) is 0 Å². The van der Waals surface area contributed by atoms with Gasteiger partial charge >= 0.3 is 0 Å². The van der Waals surface area contributed by atoms with Crippen LogP contribution in [0.3, 0.4) is 0 Å². The number of fused-ring (bicyclic) bond motifs is 1. The number of rotatable bonds is 5. The molecule has 0 bridgehead atoms. The zero-order chi connectivity index (χ0) is 13.2. The van der Waals surface area contributed by atoms with E-state index in [9.17, 15) is 0 Å². The molecule has 0 spiro atoms. The molecule has 1 atom stereocenters. The van der Waals surface area contributed by atoms with E-state index in [2.05, 4.69) is 23.4 Å². The van der Waals surface area contributed by atoms with E-state index in [0.29, 0.717) is 5.22 Å². The molecule has 0 saturated heterocycles. The highest BCUT2D eigenvalue weighted by Crippen LogP contribution is 2.27. The van der Waals surface area contributed by atoms with Crippen LogP contribution in [0.1, 0.15) is 24.2 Å². The Hall–Kier alpha value is -1.30. The molecule has 0 amide bonds. The Morgan fingerprint density at radius 1 is 1.58 bits per heavy atom. The first-order valence-corrected chi connectivity index (χ1v) is 7.41. The van der Waals surface area contributed by atoms with Gasteiger partial charge in [-0.3, -0.25) is 4.40 Å². The van der Waals surface area contributed by atoms with E-state index in [1.165, 1.54) is 0 Å². The van der Waals surface area contributed by atoms with Gasteiger partial charge in [0, 0.05) is 35.8 Å². The van der Waals surface area contributed by atoms with Crippen molar-refractivity contribution in [3.63, 3.8) is 0 Å². The quantitative estimate of drug-likeness (QED) is 0.783. The van der Waals surface area contributed by atoms with E-state index in [1.807, 2.05) is 22.0 Å². The molecule has 19 heavy (non-hydrogen) atoms. The fourth-order valence-corrected chi connectivity index (χ4v) is 3.14. The first kappa shape index (κ1) is 12.7. The summed E-state index contributed by atoms with van der Waals surface area (Å²) < 4.78 is 7.22. The van der Waals surface area contributed by atoms with Crippen LogP contribution in [0.2, 0.25) is 5.22 Å². The predicted molar refractivity (Wildman–Crippen MR) is 76.9 cm³/mol. The SMILES string of the molecule is CCNC(Cc1cn2ccsc2n1)c1ccoc1Cl.